The molecule has 14 heavy (non-hydrogen) atoms. The van der Waals surface area contributed by atoms with Crippen LogP contribution in [0.1, 0.15) is 5.69 Å². The van der Waals surface area contributed by atoms with Gasteiger partial charge >= 0.3 is 10.3 Å². The molecule has 1 N–H and O–H groups in total. The summed E-state index contributed by atoms with van der Waals surface area (Å²) in [4.78, 5) is 0. The number of aromatic nitrogens is 1. The molecule has 0 spiro atoms. The summed E-state index contributed by atoms with van der Waals surface area (Å²) in [5, 5.41) is 0.794. The molecule has 1 aromatic heterocycles. The zero-order valence-corrected chi connectivity index (χ0v) is 8.32. The van der Waals surface area contributed by atoms with Gasteiger partial charge in [0.15, 0.2) is 0 Å². The molecule has 4 nitrogen and oxygen atoms in total. The highest BCUT2D eigenvalue weighted by Crippen LogP contribution is 2.20. The Labute approximate surface area is 81.7 Å². The van der Waals surface area contributed by atoms with Gasteiger partial charge < -0.3 is 0 Å². The number of aryl methyl sites for hydroxylation is 1. The molecule has 0 fully saturated rings. The highest BCUT2D eigenvalue weighted by Gasteiger charge is 2.14. The van der Waals surface area contributed by atoms with Crippen molar-refractivity contribution < 1.29 is 13.0 Å². The van der Waals surface area contributed by atoms with Gasteiger partial charge in [-0.25, -0.2) is 3.97 Å². The molecular weight excluding hydrogens is 202 g/mol. The van der Waals surface area contributed by atoms with Crippen molar-refractivity contribution in [1.82, 2.24) is 3.97 Å². The van der Waals surface area contributed by atoms with E-state index in [1.54, 1.807) is 31.2 Å². The first-order chi connectivity index (χ1) is 6.50. The molecule has 74 valence electrons. The molecule has 0 bridgehead atoms. The van der Waals surface area contributed by atoms with Gasteiger partial charge in [0.25, 0.3) is 0 Å². The molecule has 0 radical (unpaired) electrons. The molecule has 2 rings (SSSR count). The van der Waals surface area contributed by atoms with Gasteiger partial charge in [-0.3, -0.25) is 4.55 Å². The summed E-state index contributed by atoms with van der Waals surface area (Å²) in [6, 6.07) is 8.70. The summed E-state index contributed by atoms with van der Waals surface area (Å²) >= 11 is 0. The smallest absolute Gasteiger partial charge is 0.269 e. The van der Waals surface area contributed by atoms with Gasteiger partial charge in [0.1, 0.15) is 0 Å². The largest absolute Gasteiger partial charge is 0.364 e. The summed E-state index contributed by atoms with van der Waals surface area (Å²) < 4.78 is 32.0. The van der Waals surface area contributed by atoms with Crippen LogP contribution in [-0.2, 0) is 10.3 Å². The Hall–Kier alpha value is -1.33. The van der Waals surface area contributed by atoms with Gasteiger partial charge in [-0.15, -0.1) is 0 Å². The van der Waals surface area contributed by atoms with E-state index >= 15 is 0 Å². The van der Waals surface area contributed by atoms with Crippen molar-refractivity contribution in [3.8, 4) is 0 Å². The van der Waals surface area contributed by atoms with Crippen molar-refractivity contribution in [2.45, 2.75) is 6.92 Å². The fourth-order valence-corrected chi connectivity index (χ4v) is 2.41. The van der Waals surface area contributed by atoms with Crippen molar-refractivity contribution in [3.63, 3.8) is 0 Å². The van der Waals surface area contributed by atoms with Gasteiger partial charge in [0, 0.05) is 11.1 Å². The minimum Gasteiger partial charge on any atom is -0.269 e. The third kappa shape index (κ3) is 1.30. The van der Waals surface area contributed by atoms with Gasteiger partial charge in [-0.1, -0.05) is 18.2 Å². The lowest BCUT2D eigenvalue weighted by Gasteiger charge is -2.02. The van der Waals surface area contributed by atoms with E-state index in [4.69, 9.17) is 4.55 Å². The Morgan fingerprint density at radius 2 is 1.93 bits per heavy atom. The highest BCUT2D eigenvalue weighted by atomic mass is 32.2. The van der Waals surface area contributed by atoms with E-state index in [1.165, 1.54) is 0 Å². The fourth-order valence-electron chi connectivity index (χ4n) is 1.57. The molecule has 0 amide bonds. The van der Waals surface area contributed by atoms with E-state index in [0.717, 1.165) is 9.36 Å². The number of nitrogens with zero attached hydrogens (tertiary/aromatic N) is 1. The molecular formula is C9H9NO3S. The zero-order valence-electron chi connectivity index (χ0n) is 7.51. The normalized spacial score (nSPS) is 12.1. The lowest BCUT2D eigenvalue weighted by Crippen LogP contribution is -2.11. The molecule has 1 heterocycles. The molecule has 0 saturated heterocycles. The standard InChI is InChI=1S/C9H9NO3S/c1-7-6-8-4-2-3-5-9(8)10(7)14(11,12)13/h2-6H,1H3,(H,11,12,13). The Morgan fingerprint density at radius 3 is 2.57 bits per heavy atom. The minimum absolute atomic E-state index is 0.493. The second kappa shape index (κ2) is 2.83. The van der Waals surface area contributed by atoms with E-state index in [-0.39, 0.29) is 0 Å². The van der Waals surface area contributed by atoms with Crippen LogP contribution >= 0.6 is 0 Å². The number of rotatable bonds is 1. The number of para-hydroxylation sites is 1. The highest BCUT2D eigenvalue weighted by molar-refractivity contribution is 7.84. The molecule has 1 aromatic carbocycles. The topological polar surface area (TPSA) is 59.3 Å². The maximum atomic E-state index is 11.0. The molecule has 5 heteroatoms. The van der Waals surface area contributed by atoms with Crippen LogP contribution in [0, 0.1) is 6.92 Å². The number of benzene rings is 1. The third-order valence-corrected chi connectivity index (χ3v) is 3.02. The second-order valence-electron chi connectivity index (χ2n) is 3.09. The first-order valence-corrected chi connectivity index (χ1v) is 5.45. The Kier molecular flexibility index (Phi) is 1.87. The van der Waals surface area contributed by atoms with Crippen molar-refractivity contribution in [3.05, 3.63) is 36.0 Å². The quantitative estimate of drug-likeness (QED) is 0.729. The van der Waals surface area contributed by atoms with E-state index in [0.29, 0.717) is 11.2 Å². The average molecular weight is 211 g/mol. The predicted molar refractivity (Wildman–Crippen MR) is 53.6 cm³/mol. The number of hydrogen-bond acceptors (Lipinski definition) is 2. The lowest BCUT2D eigenvalue weighted by molar-refractivity contribution is 0.473. The SMILES string of the molecule is Cc1cc2ccccc2n1S(=O)(=O)O. The van der Waals surface area contributed by atoms with Gasteiger partial charge in [0.05, 0.1) is 5.52 Å². The van der Waals surface area contributed by atoms with Crippen LogP contribution in [0.25, 0.3) is 10.9 Å². The minimum atomic E-state index is -4.20. The van der Waals surface area contributed by atoms with Crippen LogP contribution in [0.15, 0.2) is 30.3 Å². The molecule has 0 unspecified atom stereocenters. The molecule has 0 aliphatic rings. The Bertz CT molecular complexity index is 583. The van der Waals surface area contributed by atoms with Gasteiger partial charge in [-0.05, 0) is 19.1 Å². The number of fused-ring (bicyclic) bond motifs is 1. The lowest BCUT2D eigenvalue weighted by atomic mass is 10.2. The van der Waals surface area contributed by atoms with Crippen LogP contribution in [0.2, 0.25) is 0 Å². The maximum Gasteiger partial charge on any atom is 0.364 e. The van der Waals surface area contributed by atoms with Crippen LogP contribution in [-0.4, -0.2) is 16.9 Å². The zero-order chi connectivity index (χ0) is 10.3. The summed E-state index contributed by atoms with van der Waals surface area (Å²) in [5.41, 5.74) is 0.987. The second-order valence-corrected chi connectivity index (χ2v) is 4.35. The molecule has 0 aliphatic carbocycles. The Balaban J connectivity index is 2.95. The summed E-state index contributed by atoms with van der Waals surface area (Å²) in [5.74, 6) is 0. The van der Waals surface area contributed by atoms with Gasteiger partial charge in [-0.2, -0.15) is 8.42 Å². The fraction of sp³-hybridized carbons (Fsp3) is 0.111. The van der Waals surface area contributed by atoms with E-state index in [1.807, 2.05) is 6.07 Å². The van der Waals surface area contributed by atoms with Crippen LogP contribution < -0.4 is 0 Å². The van der Waals surface area contributed by atoms with Crippen molar-refractivity contribution in [2.75, 3.05) is 0 Å². The maximum absolute atomic E-state index is 11.0. The monoisotopic (exact) mass is 211 g/mol. The van der Waals surface area contributed by atoms with E-state index < -0.39 is 10.3 Å². The summed E-state index contributed by atoms with van der Waals surface area (Å²) in [6.07, 6.45) is 0. The molecule has 0 saturated carbocycles. The van der Waals surface area contributed by atoms with Gasteiger partial charge in [0.2, 0.25) is 0 Å². The first-order valence-electron chi connectivity index (χ1n) is 4.05. The first kappa shape index (κ1) is 9.23. The number of hydrogen-bond donors (Lipinski definition) is 1. The van der Waals surface area contributed by atoms with E-state index in [9.17, 15) is 8.42 Å². The summed E-state index contributed by atoms with van der Waals surface area (Å²) in [7, 11) is -4.20. The van der Waals surface area contributed by atoms with Crippen LogP contribution in [0.4, 0.5) is 0 Å². The van der Waals surface area contributed by atoms with E-state index in [2.05, 4.69) is 0 Å². The van der Waals surface area contributed by atoms with Crippen molar-refractivity contribution in [1.29, 1.82) is 0 Å². The van der Waals surface area contributed by atoms with Crippen LogP contribution in [0.3, 0.4) is 0 Å². The van der Waals surface area contributed by atoms with Crippen molar-refractivity contribution >= 4 is 21.2 Å². The van der Waals surface area contributed by atoms with Crippen molar-refractivity contribution in [2.24, 2.45) is 0 Å². The molecule has 0 atom stereocenters. The predicted octanol–water partition coefficient (Wildman–Crippen LogP) is 1.60. The Morgan fingerprint density at radius 1 is 1.29 bits per heavy atom. The van der Waals surface area contributed by atoms with Crippen LogP contribution in [0.5, 0.6) is 0 Å². The average Bonchev–Trinajstić information content (AvgIpc) is 2.38. The molecule has 2 aromatic rings. The molecule has 0 aliphatic heterocycles. The summed E-state index contributed by atoms with van der Waals surface area (Å²) in [6.45, 7) is 1.63. The third-order valence-electron chi connectivity index (χ3n) is 2.07.